The Balaban J connectivity index is 1.40. The Labute approximate surface area is 167 Å². The highest BCUT2D eigenvalue weighted by molar-refractivity contribution is 5.61. The first-order chi connectivity index (χ1) is 13.8. The van der Waals surface area contributed by atoms with E-state index in [1.54, 1.807) is 0 Å². The number of ether oxygens (including phenoxy) is 1. The normalized spacial score (nSPS) is 20.8. The number of nitrogens with one attached hydrogen (secondary N) is 1. The van der Waals surface area contributed by atoms with E-state index >= 15 is 0 Å². The predicted molar refractivity (Wildman–Crippen MR) is 114 cm³/mol. The summed E-state index contributed by atoms with van der Waals surface area (Å²) in [5.74, 6) is 0.952. The van der Waals surface area contributed by atoms with Crippen molar-refractivity contribution in [2.75, 3.05) is 18.4 Å². The van der Waals surface area contributed by atoms with Crippen LogP contribution in [0.3, 0.4) is 0 Å². The van der Waals surface area contributed by atoms with Crippen molar-refractivity contribution in [3.05, 3.63) is 96.1 Å². The minimum Gasteiger partial charge on any atom is -0.481 e. The number of fused-ring (bicyclic) bond motifs is 1. The van der Waals surface area contributed by atoms with Crippen LogP contribution < -0.4 is 10.1 Å². The van der Waals surface area contributed by atoms with Gasteiger partial charge in [-0.2, -0.15) is 0 Å². The summed E-state index contributed by atoms with van der Waals surface area (Å²) in [6, 6.07) is 29.8. The lowest BCUT2D eigenvalue weighted by atomic mass is 9.77. The van der Waals surface area contributed by atoms with Gasteiger partial charge in [-0.15, -0.1) is 0 Å². The monoisotopic (exact) mass is 370 g/mol. The Hall–Kier alpha value is -2.78. The quantitative estimate of drug-likeness (QED) is 0.680. The van der Waals surface area contributed by atoms with Crippen molar-refractivity contribution in [3.8, 4) is 5.75 Å². The zero-order valence-corrected chi connectivity index (χ0v) is 16.1. The first-order valence-electron chi connectivity index (χ1n) is 10.2. The molecule has 3 aromatic carbocycles. The summed E-state index contributed by atoms with van der Waals surface area (Å²) in [7, 11) is 0. The second-order valence-electron chi connectivity index (χ2n) is 7.95. The molecule has 3 nitrogen and oxygen atoms in total. The van der Waals surface area contributed by atoms with Crippen molar-refractivity contribution >= 4 is 5.69 Å². The van der Waals surface area contributed by atoms with E-state index in [0.717, 1.165) is 43.9 Å². The fourth-order valence-electron chi connectivity index (χ4n) is 4.60. The maximum absolute atomic E-state index is 6.58. The third-order valence-electron chi connectivity index (χ3n) is 6.12. The van der Waals surface area contributed by atoms with E-state index in [0.29, 0.717) is 0 Å². The van der Waals surface area contributed by atoms with Crippen LogP contribution in [0.1, 0.15) is 30.1 Å². The van der Waals surface area contributed by atoms with Gasteiger partial charge < -0.3 is 10.1 Å². The Kier molecular flexibility index (Phi) is 4.53. The SMILES string of the molecule is c1ccc(CN2CCC3(CC2)Nc2ccccc2OC3c2ccccc2)cc1. The largest absolute Gasteiger partial charge is 0.481 e. The number of anilines is 1. The molecule has 3 aromatic rings. The summed E-state index contributed by atoms with van der Waals surface area (Å²) in [6.45, 7) is 3.15. The molecule has 0 aliphatic carbocycles. The molecule has 2 heterocycles. The summed E-state index contributed by atoms with van der Waals surface area (Å²) in [5.41, 5.74) is 3.69. The van der Waals surface area contributed by atoms with Crippen LogP contribution in [0.25, 0.3) is 0 Å². The van der Waals surface area contributed by atoms with Crippen LogP contribution in [-0.4, -0.2) is 23.5 Å². The number of benzene rings is 3. The molecule has 2 aliphatic heterocycles. The lowest BCUT2D eigenvalue weighted by Gasteiger charge is -2.50. The van der Waals surface area contributed by atoms with Crippen LogP contribution in [-0.2, 0) is 6.54 Å². The zero-order chi connectivity index (χ0) is 18.8. The smallest absolute Gasteiger partial charge is 0.147 e. The number of rotatable bonds is 3. The molecule has 0 aromatic heterocycles. The van der Waals surface area contributed by atoms with E-state index in [1.807, 2.05) is 6.07 Å². The first kappa shape index (κ1) is 17.3. The third kappa shape index (κ3) is 3.27. The van der Waals surface area contributed by atoms with Crippen molar-refractivity contribution in [2.24, 2.45) is 0 Å². The molecule has 28 heavy (non-hydrogen) atoms. The van der Waals surface area contributed by atoms with Gasteiger partial charge in [0.15, 0.2) is 0 Å². The van der Waals surface area contributed by atoms with Crippen LogP contribution in [0, 0.1) is 0 Å². The van der Waals surface area contributed by atoms with Crippen LogP contribution >= 0.6 is 0 Å². The number of likely N-dealkylation sites (tertiary alicyclic amines) is 1. The van der Waals surface area contributed by atoms with Gasteiger partial charge in [0.25, 0.3) is 0 Å². The standard InChI is InChI=1S/C25H26N2O/c1-3-9-20(10-4-1)19-27-17-15-25(16-18-27)24(21-11-5-2-6-12-21)28-23-14-8-7-13-22(23)26-25/h1-14,24,26H,15-19H2. The van der Waals surface area contributed by atoms with Crippen molar-refractivity contribution in [1.29, 1.82) is 0 Å². The van der Waals surface area contributed by atoms with Crippen molar-refractivity contribution in [1.82, 2.24) is 4.90 Å². The second kappa shape index (κ2) is 7.33. The zero-order valence-electron chi connectivity index (χ0n) is 16.1. The first-order valence-corrected chi connectivity index (χ1v) is 10.2. The maximum Gasteiger partial charge on any atom is 0.147 e. The van der Waals surface area contributed by atoms with Gasteiger partial charge in [-0.05, 0) is 36.1 Å². The summed E-state index contributed by atoms with van der Waals surface area (Å²) < 4.78 is 6.58. The molecule has 2 aliphatic rings. The molecule has 0 bridgehead atoms. The minimum absolute atomic E-state index is 0.0301. The number of piperidine rings is 1. The average Bonchev–Trinajstić information content (AvgIpc) is 2.76. The predicted octanol–water partition coefficient (Wildman–Crippen LogP) is 5.27. The van der Waals surface area contributed by atoms with Crippen LogP contribution in [0.2, 0.25) is 0 Å². The fraction of sp³-hybridized carbons (Fsp3) is 0.280. The lowest BCUT2D eigenvalue weighted by Crippen LogP contribution is -2.55. The topological polar surface area (TPSA) is 24.5 Å². The van der Waals surface area contributed by atoms with Crippen molar-refractivity contribution in [3.63, 3.8) is 0 Å². The van der Waals surface area contributed by atoms with Crippen LogP contribution in [0.15, 0.2) is 84.9 Å². The molecule has 5 rings (SSSR count). The third-order valence-corrected chi connectivity index (χ3v) is 6.12. The van der Waals surface area contributed by atoms with Gasteiger partial charge in [-0.3, -0.25) is 4.90 Å². The highest BCUT2D eigenvalue weighted by Gasteiger charge is 2.46. The molecule has 142 valence electrons. The van der Waals surface area contributed by atoms with Gasteiger partial charge in [0.2, 0.25) is 0 Å². The minimum atomic E-state index is -0.0666. The molecule has 1 atom stereocenters. The van der Waals surface area contributed by atoms with E-state index in [2.05, 4.69) is 89.1 Å². The molecule has 1 spiro atoms. The molecule has 1 N–H and O–H groups in total. The van der Waals surface area contributed by atoms with E-state index < -0.39 is 0 Å². The maximum atomic E-state index is 6.58. The number of para-hydroxylation sites is 2. The molecule has 3 heteroatoms. The van der Waals surface area contributed by atoms with E-state index in [9.17, 15) is 0 Å². The summed E-state index contributed by atoms with van der Waals surface area (Å²) in [6.07, 6.45) is 2.16. The molecule has 0 radical (unpaired) electrons. The second-order valence-corrected chi connectivity index (χ2v) is 7.95. The average molecular weight is 370 g/mol. The Bertz CT molecular complexity index is 918. The number of hydrogen-bond donors (Lipinski definition) is 1. The molecule has 0 saturated carbocycles. The van der Waals surface area contributed by atoms with Gasteiger partial charge in [0, 0.05) is 19.6 Å². The highest BCUT2D eigenvalue weighted by Crippen LogP contribution is 2.47. The Morgan fingerprint density at radius 3 is 2.21 bits per heavy atom. The Morgan fingerprint density at radius 1 is 0.821 bits per heavy atom. The number of hydrogen-bond acceptors (Lipinski definition) is 3. The molecular weight excluding hydrogens is 344 g/mol. The molecule has 1 saturated heterocycles. The highest BCUT2D eigenvalue weighted by atomic mass is 16.5. The summed E-state index contributed by atoms with van der Waals surface area (Å²) in [5, 5.41) is 3.89. The van der Waals surface area contributed by atoms with E-state index in [-0.39, 0.29) is 11.6 Å². The van der Waals surface area contributed by atoms with Gasteiger partial charge >= 0.3 is 0 Å². The fourth-order valence-corrected chi connectivity index (χ4v) is 4.60. The molecular formula is C25H26N2O. The summed E-state index contributed by atoms with van der Waals surface area (Å²) >= 11 is 0. The Morgan fingerprint density at radius 2 is 1.46 bits per heavy atom. The van der Waals surface area contributed by atoms with Gasteiger partial charge in [0.05, 0.1) is 11.2 Å². The lowest BCUT2D eigenvalue weighted by molar-refractivity contribution is 0.0530. The molecule has 1 fully saturated rings. The number of nitrogens with zero attached hydrogens (tertiary/aromatic N) is 1. The van der Waals surface area contributed by atoms with E-state index in [1.165, 1.54) is 11.1 Å². The van der Waals surface area contributed by atoms with Crippen LogP contribution in [0.5, 0.6) is 5.75 Å². The summed E-state index contributed by atoms with van der Waals surface area (Å²) in [4.78, 5) is 2.56. The van der Waals surface area contributed by atoms with Gasteiger partial charge in [-0.1, -0.05) is 72.8 Å². The van der Waals surface area contributed by atoms with Crippen molar-refractivity contribution in [2.45, 2.75) is 31.0 Å². The molecule has 0 amide bonds. The van der Waals surface area contributed by atoms with Crippen LogP contribution in [0.4, 0.5) is 5.69 Å². The van der Waals surface area contributed by atoms with E-state index in [4.69, 9.17) is 4.74 Å². The van der Waals surface area contributed by atoms with Gasteiger partial charge in [-0.25, -0.2) is 0 Å². The molecule has 1 unspecified atom stereocenters. The van der Waals surface area contributed by atoms with Crippen molar-refractivity contribution < 1.29 is 4.74 Å². The van der Waals surface area contributed by atoms with Gasteiger partial charge in [0.1, 0.15) is 11.9 Å².